The summed E-state index contributed by atoms with van der Waals surface area (Å²) in [6.45, 7) is 8.94. The molecule has 5 heteroatoms. The van der Waals surface area contributed by atoms with Crippen LogP contribution in [-0.4, -0.2) is 30.5 Å². The molecule has 2 heterocycles. The number of carbonyl (C=O) groups is 1. The highest BCUT2D eigenvalue weighted by Gasteiger charge is 2.28. The van der Waals surface area contributed by atoms with Crippen molar-refractivity contribution in [1.29, 1.82) is 0 Å². The SMILES string of the molecule is CC(C)c1nc(CCNC(=O)C(C)C2CNC2)cs1. The van der Waals surface area contributed by atoms with Crippen molar-refractivity contribution in [2.45, 2.75) is 33.1 Å². The first-order chi connectivity index (χ1) is 9.08. The summed E-state index contributed by atoms with van der Waals surface area (Å²) in [6.07, 6.45) is 0.824. The Kier molecular flexibility index (Phi) is 4.93. The van der Waals surface area contributed by atoms with E-state index in [1.54, 1.807) is 11.3 Å². The van der Waals surface area contributed by atoms with Crippen LogP contribution in [0.4, 0.5) is 0 Å². The van der Waals surface area contributed by atoms with Gasteiger partial charge in [0.25, 0.3) is 0 Å². The molecule has 1 aliphatic heterocycles. The molecule has 1 fully saturated rings. The predicted molar refractivity (Wildman–Crippen MR) is 78.4 cm³/mol. The highest BCUT2D eigenvalue weighted by molar-refractivity contribution is 7.09. The van der Waals surface area contributed by atoms with Crippen molar-refractivity contribution in [3.05, 3.63) is 16.1 Å². The lowest BCUT2D eigenvalue weighted by Gasteiger charge is -2.31. The van der Waals surface area contributed by atoms with Gasteiger partial charge in [0.05, 0.1) is 10.7 Å². The fourth-order valence-corrected chi connectivity index (χ4v) is 2.93. The summed E-state index contributed by atoms with van der Waals surface area (Å²) >= 11 is 1.71. The molecule has 0 spiro atoms. The highest BCUT2D eigenvalue weighted by Crippen LogP contribution is 2.19. The van der Waals surface area contributed by atoms with Crippen LogP contribution in [0, 0.1) is 11.8 Å². The number of rotatable bonds is 6. The maximum atomic E-state index is 11.9. The number of aromatic nitrogens is 1. The topological polar surface area (TPSA) is 54.0 Å². The Labute approximate surface area is 119 Å². The zero-order valence-corrected chi connectivity index (χ0v) is 12.7. The lowest BCUT2D eigenvalue weighted by Crippen LogP contribution is -2.49. The first-order valence-corrected chi connectivity index (χ1v) is 7.88. The van der Waals surface area contributed by atoms with E-state index in [4.69, 9.17) is 0 Å². The third-order valence-electron chi connectivity index (χ3n) is 3.68. The molecule has 1 aromatic rings. The fraction of sp³-hybridized carbons (Fsp3) is 0.714. The van der Waals surface area contributed by atoms with Gasteiger partial charge in [-0.1, -0.05) is 20.8 Å². The molecule has 2 N–H and O–H groups in total. The Morgan fingerprint density at radius 3 is 2.79 bits per heavy atom. The molecule has 1 amide bonds. The molecule has 1 unspecified atom stereocenters. The van der Waals surface area contributed by atoms with Crippen LogP contribution in [0.2, 0.25) is 0 Å². The Balaban J connectivity index is 1.71. The van der Waals surface area contributed by atoms with E-state index in [0.717, 1.165) is 25.2 Å². The van der Waals surface area contributed by atoms with Crippen LogP contribution in [-0.2, 0) is 11.2 Å². The largest absolute Gasteiger partial charge is 0.355 e. The molecule has 106 valence electrons. The molecule has 4 nitrogen and oxygen atoms in total. The minimum atomic E-state index is 0.114. The number of hydrogen-bond acceptors (Lipinski definition) is 4. The zero-order valence-electron chi connectivity index (χ0n) is 11.9. The van der Waals surface area contributed by atoms with E-state index in [2.05, 4.69) is 34.8 Å². The van der Waals surface area contributed by atoms with E-state index in [1.165, 1.54) is 5.01 Å². The van der Waals surface area contributed by atoms with Crippen LogP contribution in [0.1, 0.15) is 37.4 Å². The third-order valence-corrected chi connectivity index (χ3v) is 4.87. The maximum absolute atomic E-state index is 11.9. The number of nitrogens with one attached hydrogen (secondary N) is 2. The lowest BCUT2D eigenvalue weighted by atomic mass is 9.88. The van der Waals surface area contributed by atoms with Gasteiger partial charge in [0.2, 0.25) is 5.91 Å². The van der Waals surface area contributed by atoms with Crippen molar-refractivity contribution < 1.29 is 4.79 Å². The Hall–Kier alpha value is -0.940. The number of hydrogen-bond donors (Lipinski definition) is 2. The summed E-state index contributed by atoms with van der Waals surface area (Å²) < 4.78 is 0. The molecule has 1 aromatic heterocycles. The molecule has 0 saturated carbocycles. The van der Waals surface area contributed by atoms with Crippen LogP contribution in [0.3, 0.4) is 0 Å². The minimum Gasteiger partial charge on any atom is -0.355 e. The molecule has 1 atom stereocenters. The zero-order chi connectivity index (χ0) is 13.8. The summed E-state index contributed by atoms with van der Waals surface area (Å²) in [5, 5.41) is 9.49. The van der Waals surface area contributed by atoms with Gasteiger partial charge in [-0.15, -0.1) is 11.3 Å². The fourth-order valence-electron chi connectivity index (χ4n) is 2.06. The number of carbonyl (C=O) groups excluding carboxylic acids is 1. The van der Waals surface area contributed by atoms with Crippen molar-refractivity contribution in [3.63, 3.8) is 0 Å². The van der Waals surface area contributed by atoms with Gasteiger partial charge in [0.15, 0.2) is 0 Å². The van der Waals surface area contributed by atoms with Gasteiger partial charge in [0, 0.05) is 30.2 Å². The summed E-state index contributed by atoms with van der Waals surface area (Å²) in [5.41, 5.74) is 1.09. The van der Waals surface area contributed by atoms with Gasteiger partial charge in [0.1, 0.15) is 0 Å². The van der Waals surface area contributed by atoms with Crippen molar-refractivity contribution in [3.8, 4) is 0 Å². The van der Waals surface area contributed by atoms with Gasteiger partial charge in [-0.05, 0) is 19.0 Å². The van der Waals surface area contributed by atoms with Gasteiger partial charge in [-0.2, -0.15) is 0 Å². The number of amides is 1. The normalized spacial score (nSPS) is 17.3. The first kappa shape index (κ1) is 14.5. The quantitative estimate of drug-likeness (QED) is 0.836. The van der Waals surface area contributed by atoms with Crippen LogP contribution in [0.5, 0.6) is 0 Å². The highest BCUT2D eigenvalue weighted by atomic mass is 32.1. The van der Waals surface area contributed by atoms with Gasteiger partial charge >= 0.3 is 0 Å². The Bertz CT molecular complexity index is 426. The van der Waals surface area contributed by atoms with E-state index in [1.807, 2.05) is 6.92 Å². The van der Waals surface area contributed by atoms with Crippen molar-refractivity contribution in [1.82, 2.24) is 15.6 Å². The van der Waals surface area contributed by atoms with Gasteiger partial charge in [-0.3, -0.25) is 4.79 Å². The second-order valence-corrected chi connectivity index (χ2v) is 6.47. The smallest absolute Gasteiger partial charge is 0.223 e. The molecule has 0 aliphatic carbocycles. The van der Waals surface area contributed by atoms with Crippen LogP contribution in [0.15, 0.2) is 5.38 Å². The lowest BCUT2D eigenvalue weighted by molar-refractivity contribution is -0.126. The maximum Gasteiger partial charge on any atom is 0.223 e. The molecule has 1 saturated heterocycles. The van der Waals surface area contributed by atoms with Crippen molar-refractivity contribution in [2.24, 2.45) is 11.8 Å². The van der Waals surface area contributed by atoms with E-state index in [0.29, 0.717) is 18.4 Å². The van der Waals surface area contributed by atoms with Gasteiger partial charge in [-0.25, -0.2) is 4.98 Å². The Morgan fingerprint density at radius 2 is 2.26 bits per heavy atom. The molecule has 2 rings (SSSR count). The standard InChI is InChI=1S/C14H23N3OS/c1-9(2)14-17-12(8-19-14)4-5-16-13(18)10(3)11-6-15-7-11/h8-11,15H,4-7H2,1-3H3,(H,16,18). The van der Waals surface area contributed by atoms with Crippen LogP contribution >= 0.6 is 11.3 Å². The van der Waals surface area contributed by atoms with Crippen LogP contribution < -0.4 is 10.6 Å². The van der Waals surface area contributed by atoms with E-state index in [9.17, 15) is 4.79 Å². The monoisotopic (exact) mass is 281 g/mol. The summed E-state index contributed by atoms with van der Waals surface area (Å²) in [4.78, 5) is 16.5. The van der Waals surface area contributed by atoms with Crippen molar-refractivity contribution in [2.75, 3.05) is 19.6 Å². The first-order valence-electron chi connectivity index (χ1n) is 7.00. The molecule has 19 heavy (non-hydrogen) atoms. The molecule has 0 radical (unpaired) electrons. The molecular formula is C14H23N3OS. The molecule has 0 aromatic carbocycles. The number of nitrogens with zero attached hydrogens (tertiary/aromatic N) is 1. The third kappa shape index (κ3) is 3.76. The average molecular weight is 281 g/mol. The average Bonchev–Trinajstić information content (AvgIpc) is 2.75. The molecular weight excluding hydrogens is 258 g/mol. The molecule has 1 aliphatic rings. The summed E-state index contributed by atoms with van der Waals surface area (Å²) in [6, 6.07) is 0. The van der Waals surface area contributed by atoms with Crippen molar-refractivity contribution >= 4 is 17.2 Å². The Morgan fingerprint density at radius 1 is 1.53 bits per heavy atom. The number of thiazole rings is 1. The van der Waals surface area contributed by atoms with E-state index < -0.39 is 0 Å². The summed E-state index contributed by atoms with van der Waals surface area (Å²) in [5.74, 6) is 1.28. The summed E-state index contributed by atoms with van der Waals surface area (Å²) in [7, 11) is 0. The van der Waals surface area contributed by atoms with E-state index in [-0.39, 0.29) is 11.8 Å². The molecule has 0 bridgehead atoms. The van der Waals surface area contributed by atoms with Gasteiger partial charge < -0.3 is 10.6 Å². The predicted octanol–water partition coefficient (Wildman–Crippen LogP) is 1.78. The van der Waals surface area contributed by atoms with Crippen LogP contribution in [0.25, 0.3) is 0 Å². The minimum absolute atomic E-state index is 0.114. The second-order valence-electron chi connectivity index (χ2n) is 5.58. The van der Waals surface area contributed by atoms with E-state index >= 15 is 0 Å². The second kappa shape index (κ2) is 6.48.